The molecule has 0 spiro atoms. The van der Waals surface area contributed by atoms with Crippen LogP contribution < -0.4 is 19.5 Å². The summed E-state index contributed by atoms with van der Waals surface area (Å²) in [6.45, 7) is 4.29. The van der Waals surface area contributed by atoms with Crippen molar-refractivity contribution in [2.24, 2.45) is 5.92 Å². The largest absolute Gasteiger partial charge is 0.495 e. The number of nitrogens with zero attached hydrogens (tertiary/aromatic N) is 3. The average Bonchev–Trinajstić information content (AvgIpc) is 3.97. The number of fused-ring (bicyclic) bond motifs is 3. The Morgan fingerprint density at radius 2 is 1.96 bits per heavy atom. The minimum atomic E-state index is -3.83. The van der Waals surface area contributed by atoms with Crippen LogP contribution in [0.3, 0.4) is 0 Å². The lowest BCUT2D eigenvalue weighted by Gasteiger charge is -2.26. The standard InChI is InChI=1S/C36H42ClN5O7S2/c1-20(2)26-19-50-34(39-26)25-16-29(24-13-14-28(48-3)31(37)32(24)38-25)49-22-15-27-33(44)40-36(35(45)41-51(46,47)23-11-12-23)17-21(36)9-7-5-4-6-8-10-30(43)42(27)18-22/h7,9,13-14,16,19-23,27H,4-6,8,10-12,15,17-18H2,1-3H3,(H,40,44)(H,41,45). The van der Waals surface area contributed by atoms with Crippen molar-refractivity contribution in [1.29, 1.82) is 0 Å². The Hall–Kier alpha value is -3.75. The van der Waals surface area contributed by atoms with Gasteiger partial charge in [0.25, 0.3) is 5.91 Å². The normalized spacial score (nSPS) is 25.6. The van der Waals surface area contributed by atoms with Gasteiger partial charge in [-0.05, 0) is 56.6 Å². The number of aromatic nitrogens is 2. The van der Waals surface area contributed by atoms with Gasteiger partial charge in [-0.1, -0.05) is 44.0 Å². The van der Waals surface area contributed by atoms with Crippen LogP contribution in [0.2, 0.25) is 5.02 Å². The second-order valence-electron chi connectivity index (χ2n) is 14.2. The minimum absolute atomic E-state index is 0.146. The zero-order chi connectivity index (χ0) is 36.1. The summed E-state index contributed by atoms with van der Waals surface area (Å²) in [6, 6.07) is 4.44. The topological polar surface area (TPSA) is 157 Å². The highest BCUT2D eigenvalue weighted by Crippen LogP contribution is 2.46. The Kier molecular flexibility index (Phi) is 9.78. The van der Waals surface area contributed by atoms with Crippen LogP contribution >= 0.6 is 22.9 Å². The van der Waals surface area contributed by atoms with Crippen LogP contribution in [0.25, 0.3) is 21.6 Å². The van der Waals surface area contributed by atoms with Crippen LogP contribution in [0, 0.1) is 5.92 Å². The Bertz CT molecular complexity index is 2010. The monoisotopic (exact) mass is 755 g/mol. The number of pyridine rings is 1. The molecule has 4 atom stereocenters. The third-order valence-corrected chi connectivity index (χ3v) is 13.2. The first-order chi connectivity index (χ1) is 24.4. The Morgan fingerprint density at radius 1 is 1.16 bits per heavy atom. The van der Waals surface area contributed by atoms with Gasteiger partial charge in [0.2, 0.25) is 21.8 Å². The van der Waals surface area contributed by atoms with Crippen LogP contribution in [0.5, 0.6) is 11.5 Å². The number of nitrogens with one attached hydrogen (secondary N) is 2. The van der Waals surface area contributed by atoms with E-state index in [2.05, 4.69) is 23.9 Å². The molecule has 2 aliphatic carbocycles. The number of rotatable bonds is 8. The van der Waals surface area contributed by atoms with Gasteiger partial charge >= 0.3 is 0 Å². The zero-order valence-electron chi connectivity index (χ0n) is 28.8. The molecule has 4 heterocycles. The number of sulfonamides is 1. The van der Waals surface area contributed by atoms with Gasteiger partial charge in [0, 0.05) is 35.6 Å². The first-order valence-electron chi connectivity index (χ1n) is 17.5. The van der Waals surface area contributed by atoms with E-state index in [-0.39, 0.29) is 43.6 Å². The van der Waals surface area contributed by atoms with Crippen LogP contribution in [-0.4, -0.2) is 77.6 Å². The van der Waals surface area contributed by atoms with E-state index in [1.54, 1.807) is 11.0 Å². The van der Waals surface area contributed by atoms with Crippen molar-refractivity contribution in [3.63, 3.8) is 0 Å². The van der Waals surface area contributed by atoms with E-state index in [1.807, 2.05) is 29.7 Å². The van der Waals surface area contributed by atoms with E-state index in [1.165, 1.54) is 18.4 Å². The molecule has 0 bridgehead atoms. The molecule has 3 fully saturated rings. The number of hydrogen-bond acceptors (Lipinski definition) is 10. The van der Waals surface area contributed by atoms with Crippen LogP contribution in [0.4, 0.5) is 0 Å². The summed E-state index contributed by atoms with van der Waals surface area (Å²) >= 11 is 8.24. The molecule has 7 rings (SSSR count). The molecule has 4 aliphatic rings. The number of carbonyl (C=O) groups is 3. The summed E-state index contributed by atoms with van der Waals surface area (Å²) in [6.07, 6.45) is 8.15. The van der Waals surface area contributed by atoms with Crippen LogP contribution in [-0.2, 0) is 24.4 Å². The first-order valence-corrected chi connectivity index (χ1v) is 20.3. The Balaban J connectivity index is 1.19. The molecule has 3 aromatic rings. The SMILES string of the molecule is COc1ccc2c(OC3CC4C(=O)NC5(C(=O)NS(=O)(=O)C6CC6)CC5C=CCCCCCC(=O)N4C3)cc(-c3nc(C(C)C)cs3)nc2c1Cl. The van der Waals surface area contributed by atoms with Gasteiger partial charge in [0.05, 0.1) is 30.1 Å². The van der Waals surface area contributed by atoms with E-state index in [0.29, 0.717) is 57.4 Å². The number of ether oxygens (including phenoxy) is 2. The maximum absolute atomic E-state index is 14.1. The molecule has 4 unspecified atom stereocenters. The van der Waals surface area contributed by atoms with Gasteiger partial charge in [-0.2, -0.15) is 0 Å². The summed E-state index contributed by atoms with van der Waals surface area (Å²) in [7, 11) is -2.30. The molecule has 1 aromatic carbocycles. The van der Waals surface area contributed by atoms with Gasteiger partial charge < -0.3 is 19.7 Å². The molecule has 0 radical (unpaired) electrons. The molecule has 12 nitrogen and oxygen atoms in total. The molecule has 2 aliphatic heterocycles. The fourth-order valence-corrected chi connectivity index (χ4v) is 9.50. The second-order valence-corrected chi connectivity index (χ2v) is 17.4. The smallest absolute Gasteiger partial charge is 0.259 e. The lowest BCUT2D eigenvalue weighted by Crippen LogP contribution is -2.56. The first kappa shape index (κ1) is 35.6. The number of methoxy groups -OCH3 is 1. The maximum Gasteiger partial charge on any atom is 0.259 e. The molecular weight excluding hydrogens is 714 g/mol. The molecule has 1 saturated heterocycles. The number of allylic oxidation sites excluding steroid dienone is 1. The van der Waals surface area contributed by atoms with E-state index >= 15 is 0 Å². The van der Waals surface area contributed by atoms with E-state index in [0.717, 1.165) is 25.0 Å². The van der Waals surface area contributed by atoms with Gasteiger partial charge in [-0.3, -0.25) is 19.1 Å². The average molecular weight is 756 g/mol. The van der Waals surface area contributed by atoms with Crippen molar-refractivity contribution in [3.8, 4) is 22.2 Å². The Labute approximate surface area is 306 Å². The highest BCUT2D eigenvalue weighted by Gasteiger charge is 2.62. The quantitative estimate of drug-likeness (QED) is 0.284. The van der Waals surface area contributed by atoms with Crippen molar-refractivity contribution in [1.82, 2.24) is 24.9 Å². The molecule has 3 amide bonds. The molecule has 51 heavy (non-hydrogen) atoms. The molecular formula is C36H42ClN5O7S2. The summed E-state index contributed by atoms with van der Waals surface area (Å²) in [5.74, 6) is -0.629. The van der Waals surface area contributed by atoms with Gasteiger partial charge in [0.15, 0.2) is 0 Å². The maximum atomic E-state index is 14.1. The molecule has 2 saturated carbocycles. The van der Waals surface area contributed by atoms with E-state index < -0.39 is 44.8 Å². The third kappa shape index (κ3) is 7.19. The fraction of sp³-hybridized carbons (Fsp3) is 0.528. The summed E-state index contributed by atoms with van der Waals surface area (Å²) in [5.41, 5.74) is 0.562. The number of thiazole rings is 1. The highest BCUT2D eigenvalue weighted by molar-refractivity contribution is 7.91. The Morgan fingerprint density at radius 3 is 2.69 bits per heavy atom. The molecule has 2 N–H and O–H groups in total. The summed E-state index contributed by atoms with van der Waals surface area (Å²) in [4.78, 5) is 52.6. The van der Waals surface area contributed by atoms with Crippen molar-refractivity contribution in [2.75, 3.05) is 13.7 Å². The number of benzene rings is 1. The number of amides is 3. The fourth-order valence-electron chi connectivity index (χ4n) is 6.92. The van der Waals surface area contributed by atoms with Crippen molar-refractivity contribution < 1.29 is 32.3 Å². The van der Waals surface area contributed by atoms with Crippen molar-refractivity contribution >= 4 is 61.6 Å². The predicted molar refractivity (Wildman–Crippen MR) is 194 cm³/mol. The van der Waals surface area contributed by atoms with E-state index in [9.17, 15) is 22.8 Å². The minimum Gasteiger partial charge on any atom is -0.495 e. The van der Waals surface area contributed by atoms with E-state index in [4.69, 9.17) is 31.0 Å². The van der Waals surface area contributed by atoms with Crippen LogP contribution in [0.15, 0.2) is 35.7 Å². The molecule has 15 heteroatoms. The summed E-state index contributed by atoms with van der Waals surface area (Å²) < 4.78 is 39.8. The highest BCUT2D eigenvalue weighted by atomic mass is 35.5. The van der Waals surface area contributed by atoms with Gasteiger partial charge in [-0.25, -0.2) is 18.4 Å². The zero-order valence-corrected chi connectivity index (χ0v) is 31.2. The van der Waals surface area contributed by atoms with Crippen LogP contribution in [0.1, 0.15) is 83.2 Å². The predicted octanol–water partition coefficient (Wildman–Crippen LogP) is 5.50. The second kappa shape index (κ2) is 14.0. The van der Waals surface area contributed by atoms with Gasteiger partial charge in [-0.15, -0.1) is 11.3 Å². The number of halogens is 1. The molecule has 272 valence electrons. The van der Waals surface area contributed by atoms with Crippen molar-refractivity contribution in [2.45, 2.75) is 100 Å². The third-order valence-electron chi connectivity index (χ3n) is 10.2. The van der Waals surface area contributed by atoms with Gasteiger partial charge in [0.1, 0.15) is 44.9 Å². The molecule has 2 aromatic heterocycles. The number of carbonyl (C=O) groups excluding carboxylic acids is 3. The lowest BCUT2D eigenvalue weighted by molar-refractivity contribution is -0.139. The summed E-state index contributed by atoms with van der Waals surface area (Å²) in [5, 5.41) is 5.97. The number of hydrogen-bond donors (Lipinski definition) is 2. The van der Waals surface area contributed by atoms with Crippen molar-refractivity contribution in [3.05, 3.63) is 46.4 Å². The lowest BCUT2D eigenvalue weighted by atomic mass is 10.1.